The lowest BCUT2D eigenvalue weighted by atomic mass is 10.00. The van der Waals surface area contributed by atoms with Crippen molar-refractivity contribution >= 4 is 10.0 Å². The van der Waals surface area contributed by atoms with E-state index in [-0.39, 0.29) is 0 Å². The van der Waals surface area contributed by atoms with Crippen LogP contribution < -0.4 is 4.72 Å². The summed E-state index contributed by atoms with van der Waals surface area (Å²) >= 11 is 0. The third kappa shape index (κ3) is 4.93. The first-order valence-electron chi connectivity index (χ1n) is 6.78. The molecule has 0 saturated heterocycles. The molecule has 19 heavy (non-hydrogen) atoms. The highest BCUT2D eigenvalue weighted by atomic mass is 32.2. The summed E-state index contributed by atoms with van der Waals surface area (Å²) in [4.78, 5) is 2.45. The number of unbranched alkanes of at least 4 members (excludes halogenated alkanes) is 1. The van der Waals surface area contributed by atoms with Gasteiger partial charge < -0.3 is 0 Å². The molecule has 1 aromatic carbocycles. The minimum atomic E-state index is -3.03. The number of fused-ring (bicyclic) bond motifs is 1. The van der Waals surface area contributed by atoms with Gasteiger partial charge in [0.05, 0.1) is 6.26 Å². The van der Waals surface area contributed by atoms with E-state index in [1.54, 1.807) is 0 Å². The number of hydrogen-bond acceptors (Lipinski definition) is 3. The second-order valence-electron chi connectivity index (χ2n) is 5.17. The fourth-order valence-electron chi connectivity index (χ4n) is 2.46. The molecule has 0 amide bonds. The maximum atomic E-state index is 10.9. The van der Waals surface area contributed by atoms with Crippen LogP contribution in [0.15, 0.2) is 24.3 Å². The molecule has 0 atom stereocenters. The average Bonchev–Trinajstić information content (AvgIpc) is 2.37. The molecule has 0 radical (unpaired) electrons. The van der Waals surface area contributed by atoms with Gasteiger partial charge in [-0.25, -0.2) is 13.1 Å². The van der Waals surface area contributed by atoms with Gasteiger partial charge in [0.15, 0.2) is 0 Å². The van der Waals surface area contributed by atoms with Crippen LogP contribution in [0, 0.1) is 0 Å². The lowest BCUT2D eigenvalue weighted by molar-refractivity contribution is 0.249. The molecular weight excluding hydrogens is 260 g/mol. The summed E-state index contributed by atoms with van der Waals surface area (Å²) in [5.41, 5.74) is 2.90. The van der Waals surface area contributed by atoms with Crippen molar-refractivity contribution in [2.75, 3.05) is 25.9 Å². The van der Waals surface area contributed by atoms with Crippen molar-refractivity contribution in [1.29, 1.82) is 0 Å². The van der Waals surface area contributed by atoms with Crippen LogP contribution >= 0.6 is 0 Å². The van der Waals surface area contributed by atoms with Crippen molar-refractivity contribution in [1.82, 2.24) is 9.62 Å². The standard InChI is InChI=1S/C14H22N2O2S/c1-19(17,18)15-9-4-5-10-16-11-8-13-6-2-3-7-14(13)12-16/h2-3,6-7,15H,4-5,8-12H2,1H3. The van der Waals surface area contributed by atoms with E-state index >= 15 is 0 Å². The molecule has 0 aromatic heterocycles. The molecule has 1 heterocycles. The quantitative estimate of drug-likeness (QED) is 0.802. The Morgan fingerprint density at radius 3 is 2.68 bits per heavy atom. The first-order valence-corrected chi connectivity index (χ1v) is 8.67. The van der Waals surface area contributed by atoms with Gasteiger partial charge in [0, 0.05) is 19.6 Å². The van der Waals surface area contributed by atoms with Crippen molar-refractivity contribution in [3.63, 3.8) is 0 Å². The molecule has 0 spiro atoms. The number of nitrogens with one attached hydrogen (secondary N) is 1. The maximum absolute atomic E-state index is 10.9. The third-order valence-electron chi connectivity index (χ3n) is 3.48. The second kappa shape index (κ2) is 6.50. The van der Waals surface area contributed by atoms with Crippen molar-refractivity contribution < 1.29 is 8.42 Å². The van der Waals surface area contributed by atoms with Gasteiger partial charge in [0.1, 0.15) is 0 Å². The first kappa shape index (κ1) is 14.5. The molecule has 2 rings (SSSR count). The molecule has 1 N–H and O–H groups in total. The van der Waals surface area contributed by atoms with E-state index in [9.17, 15) is 8.42 Å². The summed E-state index contributed by atoms with van der Waals surface area (Å²) in [6.07, 6.45) is 4.25. The number of rotatable bonds is 6. The molecular formula is C14H22N2O2S. The van der Waals surface area contributed by atoms with E-state index in [0.29, 0.717) is 6.54 Å². The molecule has 1 aliphatic heterocycles. The molecule has 1 aromatic rings. The molecule has 0 saturated carbocycles. The lowest BCUT2D eigenvalue weighted by Crippen LogP contribution is -2.32. The van der Waals surface area contributed by atoms with Crippen LogP contribution in [0.25, 0.3) is 0 Å². The molecule has 0 bridgehead atoms. The Balaban J connectivity index is 1.69. The van der Waals surface area contributed by atoms with Crippen molar-refractivity contribution in [2.24, 2.45) is 0 Å². The number of sulfonamides is 1. The van der Waals surface area contributed by atoms with Crippen molar-refractivity contribution in [3.8, 4) is 0 Å². The largest absolute Gasteiger partial charge is 0.299 e. The fourth-order valence-corrected chi connectivity index (χ4v) is 2.98. The van der Waals surface area contributed by atoms with E-state index in [2.05, 4.69) is 33.9 Å². The van der Waals surface area contributed by atoms with Crippen LogP contribution in [0.5, 0.6) is 0 Å². The Morgan fingerprint density at radius 1 is 1.21 bits per heavy atom. The molecule has 0 fully saturated rings. The van der Waals surface area contributed by atoms with Gasteiger partial charge in [-0.05, 0) is 36.9 Å². The Bertz CT molecular complexity index is 514. The Kier molecular flexibility index (Phi) is 4.96. The van der Waals surface area contributed by atoms with Gasteiger partial charge in [0.25, 0.3) is 0 Å². The minimum Gasteiger partial charge on any atom is -0.299 e. The van der Waals surface area contributed by atoms with E-state index < -0.39 is 10.0 Å². The van der Waals surface area contributed by atoms with Gasteiger partial charge in [0.2, 0.25) is 10.0 Å². The van der Waals surface area contributed by atoms with E-state index in [1.165, 1.54) is 17.4 Å². The van der Waals surface area contributed by atoms with E-state index in [0.717, 1.165) is 38.9 Å². The number of hydrogen-bond donors (Lipinski definition) is 1. The highest BCUT2D eigenvalue weighted by Crippen LogP contribution is 2.18. The third-order valence-corrected chi connectivity index (χ3v) is 4.20. The summed E-state index contributed by atoms with van der Waals surface area (Å²) < 4.78 is 24.4. The lowest BCUT2D eigenvalue weighted by Gasteiger charge is -2.28. The normalized spacial score (nSPS) is 16.3. The van der Waals surface area contributed by atoms with Crippen LogP contribution in [-0.4, -0.2) is 39.2 Å². The van der Waals surface area contributed by atoms with Crippen LogP contribution in [0.2, 0.25) is 0 Å². The molecule has 1 aliphatic rings. The predicted molar refractivity (Wildman–Crippen MR) is 77.5 cm³/mol. The average molecular weight is 282 g/mol. The SMILES string of the molecule is CS(=O)(=O)NCCCCN1CCc2ccccc2C1. The zero-order valence-corrected chi connectivity index (χ0v) is 12.2. The minimum absolute atomic E-state index is 0.545. The van der Waals surface area contributed by atoms with Gasteiger partial charge in [-0.2, -0.15) is 0 Å². The zero-order chi connectivity index (χ0) is 13.7. The summed E-state index contributed by atoms with van der Waals surface area (Å²) in [6.45, 7) is 3.72. The number of nitrogens with zero attached hydrogens (tertiary/aromatic N) is 1. The Morgan fingerprint density at radius 2 is 1.95 bits per heavy atom. The highest BCUT2D eigenvalue weighted by molar-refractivity contribution is 7.88. The number of benzene rings is 1. The van der Waals surface area contributed by atoms with Gasteiger partial charge in [-0.3, -0.25) is 4.90 Å². The van der Waals surface area contributed by atoms with E-state index in [4.69, 9.17) is 0 Å². The Labute approximate surface area is 115 Å². The van der Waals surface area contributed by atoms with Crippen LogP contribution in [-0.2, 0) is 23.0 Å². The molecule has 106 valence electrons. The zero-order valence-electron chi connectivity index (χ0n) is 11.4. The van der Waals surface area contributed by atoms with Gasteiger partial charge in [-0.15, -0.1) is 0 Å². The summed E-state index contributed by atoms with van der Waals surface area (Å²) in [7, 11) is -3.03. The first-order chi connectivity index (χ1) is 9.04. The summed E-state index contributed by atoms with van der Waals surface area (Å²) in [6, 6.07) is 8.61. The molecule has 4 nitrogen and oxygen atoms in total. The van der Waals surface area contributed by atoms with Gasteiger partial charge in [-0.1, -0.05) is 24.3 Å². The monoisotopic (exact) mass is 282 g/mol. The summed E-state index contributed by atoms with van der Waals surface area (Å²) in [5.74, 6) is 0. The highest BCUT2D eigenvalue weighted by Gasteiger charge is 2.14. The van der Waals surface area contributed by atoms with Crippen LogP contribution in [0.3, 0.4) is 0 Å². The molecule has 0 unspecified atom stereocenters. The van der Waals surface area contributed by atoms with Crippen molar-refractivity contribution in [2.45, 2.75) is 25.8 Å². The van der Waals surface area contributed by atoms with Crippen LogP contribution in [0.4, 0.5) is 0 Å². The topological polar surface area (TPSA) is 49.4 Å². The van der Waals surface area contributed by atoms with E-state index in [1.807, 2.05) is 0 Å². The predicted octanol–water partition coefficient (Wildman–Crippen LogP) is 1.37. The van der Waals surface area contributed by atoms with Gasteiger partial charge >= 0.3 is 0 Å². The fraction of sp³-hybridized carbons (Fsp3) is 0.571. The summed E-state index contributed by atoms with van der Waals surface area (Å²) in [5, 5.41) is 0. The van der Waals surface area contributed by atoms with Crippen LogP contribution in [0.1, 0.15) is 24.0 Å². The Hall–Kier alpha value is -0.910. The smallest absolute Gasteiger partial charge is 0.208 e. The second-order valence-corrected chi connectivity index (χ2v) is 7.00. The van der Waals surface area contributed by atoms with Crippen molar-refractivity contribution in [3.05, 3.63) is 35.4 Å². The molecule has 0 aliphatic carbocycles. The maximum Gasteiger partial charge on any atom is 0.208 e. The molecule has 5 heteroatoms.